The van der Waals surface area contributed by atoms with Crippen molar-refractivity contribution in [1.82, 2.24) is 0 Å². The van der Waals surface area contributed by atoms with E-state index in [0.29, 0.717) is 0 Å². The molecule has 0 saturated carbocycles. The van der Waals surface area contributed by atoms with Gasteiger partial charge in [-0.2, -0.15) is 0 Å². The van der Waals surface area contributed by atoms with E-state index in [2.05, 4.69) is 43.3 Å². The molecule has 0 aromatic heterocycles. The van der Waals surface area contributed by atoms with Crippen molar-refractivity contribution < 1.29 is 5.11 Å². The van der Waals surface area contributed by atoms with Gasteiger partial charge in [0.1, 0.15) is 0 Å². The molecule has 88 valence electrons. The zero-order chi connectivity index (χ0) is 12.1. The molecule has 2 aromatic carbocycles. The molecular formula is C15H16OS. The summed E-state index contributed by atoms with van der Waals surface area (Å²) in [7, 11) is 0. The van der Waals surface area contributed by atoms with Gasteiger partial charge in [-0.25, -0.2) is 0 Å². The van der Waals surface area contributed by atoms with Crippen molar-refractivity contribution in [3.05, 3.63) is 65.2 Å². The van der Waals surface area contributed by atoms with Gasteiger partial charge in [0, 0.05) is 10.6 Å². The molecule has 0 saturated heterocycles. The average molecular weight is 244 g/mol. The minimum atomic E-state index is 0.116. The van der Waals surface area contributed by atoms with Crippen molar-refractivity contribution in [3.8, 4) is 0 Å². The van der Waals surface area contributed by atoms with Crippen molar-refractivity contribution in [2.75, 3.05) is 0 Å². The summed E-state index contributed by atoms with van der Waals surface area (Å²) < 4.78 is 0. The first-order valence-electron chi connectivity index (χ1n) is 5.66. The Hall–Kier alpha value is -1.25. The monoisotopic (exact) mass is 244 g/mol. The van der Waals surface area contributed by atoms with Crippen molar-refractivity contribution in [3.63, 3.8) is 0 Å². The van der Waals surface area contributed by atoms with Gasteiger partial charge in [-0.05, 0) is 29.7 Å². The highest BCUT2D eigenvalue weighted by Crippen LogP contribution is 2.25. The molecule has 0 spiro atoms. The Morgan fingerprint density at radius 2 is 1.59 bits per heavy atom. The zero-order valence-corrected chi connectivity index (χ0v) is 10.7. The fourth-order valence-electron chi connectivity index (χ4n) is 1.62. The first kappa shape index (κ1) is 12.2. The van der Waals surface area contributed by atoms with E-state index in [1.807, 2.05) is 23.9 Å². The number of aliphatic hydroxyl groups is 1. The predicted molar refractivity (Wildman–Crippen MR) is 73.1 cm³/mol. The summed E-state index contributed by atoms with van der Waals surface area (Å²) in [5.41, 5.74) is 3.58. The van der Waals surface area contributed by atoms with Crippen LogP contribution in [-0.2, 0) is 12.4 Å². The molecule has 0 atom stereocenters. The fourth-order valence-corrected chi connectivity index (χ4v) is 2.61. The quantitative estimate of drug-likeness (QED) is 0.826. The SMILES string of the molecule is Cc1ccccc1SCc1ccc(CO)cc1. The van der Waals surface area contributed by atoms with Gasteiger partial charge in [0.25, 0.3) is 0 Å². The molecule has 0 bridgehead atoms. The van der Waals surface area contributed by atoms with Gasteiger partial charge in [-0.15, -0.1) is 11.8 Å². The average Bonchev–Trinajstić information content (AvgIpc) is 2.38. The van der Waals surface area contributed by atoms with Crippen LogP contribution >= 0.6 is 11.8 Å². The van der Waals surface area contributed by atoms with E-state index in [-0.39, 0.29) is 6.61 Å². The first-order chi connectivity index (χ1) is 8.29. The second-order valence-electron chi connectivity index (χ2n) is 4.03. The van der Waals surface area contributed by atoms with Crippen LogP contribution in [0.4, 0.5) is 0 Å². The lowest BCUT2D eigenvalue weighted by atomic mass is 10.2. The van der Waals surface area contributed by atoms with Gasteiger partial charge in [0.05, 0.1) is 6.61 Å². The van der Waals surface area contributed by atoms with Crippen LogP contribution in [0.5, 0.6) is 0 Å². The molecule has 0 amide bonds. The molecule has 0 heterocycles. The normalized spacial score (nSPS) is 10.5. The minimum absolute atomic E-state index is 0.116. The third-order valence-electron chi connectivity index (χ3n) is 2.69. The summed E-state index contributed by atoms with van der Waals surface area (Å²) in [6.45, 7) is 2.25. The lowest BCUT2D eigenvalue weighted by Gasteiger charge is -2.05. The number of rotatable bonds is 4. The highest BCUT2D eigenvalue weighted by Gasteiger charge is 1.99. The van der Waals surface area contributed by atoms with E-state index < -0.39 is 0 Å². The smallest absolute Gasteiger partial charge is 0.0681 e. The Morgan fingerprint density at radius 3 is 2.24 bits per heavy atom. The summed E-state index contributed by atoms with van der Waals surface area (Å²) in [4.78, 5) is 1.33. The molecule has 0 unspecified atom stereocenters. The van der Waals surface area contributed by atoms with Gasteiger partial charge in [-0.3, -0.25) is 0 Å². The number of thioether (sulfide) groups is 1. The highest BCUT2D eigenvalue weighted by atomic mass is 32.2. The number of hydrogen-bond acceptors (Lipinski definition) is 2. The van der Waals surface area contributed by atoms with Gasteiger partial charge >= 0.3 is 0 Å². The van der Waals surface area contributed by atoms with E-state index >= 15 is 0 Å². The molecule has 1 N–H and O–H groups in total. The summed E-state index contributed by atoms with van der Waals surface area (Å²) in [6.07, 6.45) is 0. The van der Waals surface area contributed by atoms with E-state index in [1.165, 1.54) is 16.0 Å². The Kier molecular flexibility index (Phi) is 4.24. The minimum Gasteiger partial charge on any atom is -0.392 e. The Morgan fingerprint density at radius 1 is 0.941 bits per heavy atom. The van der Waals surface area contributed by atoms with Crippen LogP contribution in [0.15, 0.2) is 53.4 Å². The molecule has 0 fully saturated rings. The van der Waals surface area contributed by atoms with Crippen molar-refractivity contribution >= 4 is 11.8 Å². The molecule has 0 aliphatic heterocycles. The Bertz CT molecular complexity index is 477. The first-order valence-corrected chi connectivity index (χ1v) is 6.65. The maximum atomic E-state index is 8.97. The van der Waals surface area contributed by atoms with Gasteiger partial charge < -0.3 is 5.11 Å². The number of aryl methyl sites for hydroxylation is 1. The summed E-state index contributed by atoms with van der Waals surface area (Å²) in [6, 6.07) is 16.5. The standard InChI is InChI=1S/C15H16OS/c1-12-4-2-3-5-15(12)17-11-14-8-6-13(10-16)7-9-14/h2-9,16H,10-11H2,1H3. The lowest BCUT2D eigenvalue weighted by Crippen LogP contribution is -1.86. The molecular weight excluding hydrogens is 228 g/mol. The second-order valence-corrected chi connectivity index (χ2v) is 5.05. The van der Waals surface area contributed by atoms with E-state index in [4.69, 9.17) is 5.11 Å². The van der Waals surface area contributed by atoms with Crippen LogP contribution in [0.1, 0.15) is 16.7 Å². The fraction of sp³-hybridized carbons (Fsp3) is 0.200. The molecule has 1 nitrogen and oxygen atoms in total. The van der Waals surface area contributed by atoms with E-state index in [0.717, 1.165) is 11.3 Å². The van der Waals surface area contributed by atoms with Crippen LogP contribution < -0.4 is 0 Å². The third-order valence-corrected chi connectivity index (χ3v) is 3.94. The molecule has 2 rings (SSSR count). The van der Waals surface area contributed by atoms with Crippen LogP contribution in [0.2, 0.25) is 0 Å². The second kappa shape index (κ2) is 5.89. The molecule has 0 radical (unpaired) electrons. The summed E-state index contributed by atoms with van der Waals surface area (Å²) in [5, 5.41) is 8.97. The largest absolute Gasteiger partial charge is 0.392 e. The highest BCUT2D eigenvalue weighted by molar-refractivity contribution is 7.98. The van der Waals surface area contributed by atoms with Gasteiger partial charge in [0.15, 0.2) is 0 Å². The van der Waals surface area contributed by atoms with Crippen molar-refractivity contribution in [1.29, 1.82) is 0 Å². The zero-order valence-electron chi connectivity index (χ0n) is 9.89. The van der Waals surface area contributed by atoms with Crippen molar-refractivity contribution in [2.45, 2.75) is 24.2 Å². The molecule has 0 aliphatic rings. The van der Waals surface area contributed by atoms with Crippen LogP contribution in [0, 0.1) is 6.92 Å². The molecule has 2 heteroatoms. The topological polar surface area (TPSA) is 20.2 Å². The van der Waals surface area contributed by atoms with Crippen LogP contribution in [-0.4, -0.2) is 5.11 Å². The van der Waals surface area contributed by atoms with Crippen LogP contribution in [0.3, 0.4) is 0 Å². The maximum absolute atomic E-state index is 8.97. The predicted octanol–water partition coefficient (Wildman–Crippen LogP) is 3.78. The Labute approximate surface area is 107 Å². The van der Waals surface area contributed by atoms with Crippen molar-refractivity contribution in [2.24, 2.45) is 0 Å². The summed E-state index contributed by atoms with van der Waals surface area (Å²) in [5.74, 6) is 0.969. The van der Waals surface area contributed by atoms with Gasteiger partial charge in [0.2, 0.25) is 0 Å². The van der Waals surface area contributed by atoms with E-state index in [9.17, 15) is 0 Å². The molecule has 2 aromatic rings. The number of benzene rings is 2. The number of hydrogen-bond donors (Lipinski definition) is 1. The summed E-state index contributed by atoms with van der Waals surface area (Å²) >= 11 is 1.85. The Balaban J connectivity index is 2.00. The third kappa shape index (κ3) is 3.35. The van der Waals surface area contributed by atoms with Crippen LogP contribution in [0.25, 0.3) is 0 Å². The molecule has 0 aliphatic carbocycles. The maximum Gasteiger partial charge on any atom is 0.0681 e. The van der Waals surface area contributed by atoms with Gasteiger partial charge in [-0.1, -0.05) is 42.5 Å². The lowest BCUT2D eigenvalue weighted by molar-refractivity contribution is 0.282. The van der Waals surface area contributed by atoms with E-state index in [1.54, 1.807) is 0 Å². The number of aliphatic hydroxyl groups excluding tert-OH is 1. The molecule has 17 heavy (non-hydrogen) atoms.